The SMILES string of the molecule is Cc1ccc(NC(=O)C(C)n2c(-c3cccs3)n[nH]c2=S)cc1NS(C)(=O)=O. The lowest BCUT2D eigenvalue weighted by Crippen LogP contribution is -2.24. The molecule has 0 aliphatic carbocycles. The maximum Gasteiger partial charge on any atom is 0.247 e. The first-order valence-corrected chi connectivity index (χ1v) is 11.4. The van der Waals surface area contributed by atoms with Crippen molar-refractivity contribution < 1.29 is 13.2 Å². The Balaban J connectivity index is 1.86. The first kappa shape index (κ1) is 20.2. The Kier molecular flexibility index (Phi) is 5.68. The van der Waals surface area contributed by atoms with Crippen molar-refractivity contribution in [1.29, 1.82) is 0 Å². The molecule has 0 radical (unpaired) electrons. The van der Waals surface area contributed by atoms with Crippen LogP contribution >= 0.6 is 23.6 Å². The summed E-state index contributed by atoms with van der Waals surface area (Å²) in [5.74, 6) is 0.287. The fourth-order valence-corrected chi connectivity index (χ4v) is 4.24. The minimum Gasteiger partial charge on any atom is -0.324 e. The third-order valence-electron chi connectivity index (χ3n) is 4.01. The van der Waals surface area contributed by atoms with Gasteiger partial charge in [0.05, 0.1) is 16.8 Å². The number of benzene rings is 1. The van der Waals surface area contributed by atoms with Crippen LogP contribution in [0.4, 0.5) is 11.4 Å². The molecule has 1 atom stereocenters. The van der Waals surface area contributed by atoms with Gasteiger partial charge in [-0.1, -0.05) is 12.1 Å². The highest BCUT2D eigenvalue weighted by molar-refractivity contribution is 7.92. The summed E-state index contributed by atoms with van der Waals surface area (Å²) < 4.78 is 27.5. The van der Waals surface area contributed by atoms with Crippen LogP contribution in [0.15, 0.2) is 35.7 Å². The predicted octanol–water partition coefficient (Wildman–Crippen LogP) is 3.55. The van der Waals surface area contributed by atoms with Gasteiger partial charge in [-0.25, -0.2) is 8.42 Å². The van der Waals surface area contributed by atoms with E-state index < -0.39 is 16.1 Å². The van der Waals surface area contributed by atoms with Gasteiger partial charge in [0.2, 0.25) is 15.9 Å². The molecule has 2 heterocycles. The number of hydrogen-bond acceptors (Lipinski definition) is 6. The van der Waals surface area contributed by atoms with E-state index in [0.717, 1.165) is 16.7 Å². The van der Waals surface area contributed by atoms with Crippen LogP contribution in [-0.2, 0) is 14.8 Å². The lowest BCUT2D eigenvalue weighted by Gasteiger charge is -2.16. The Morgan fingerprint density at radius 3 is 2.75 bits per heavy atom. The number of rotatable bonds is 6. The van der Waals surface area contributed by atoms with Crippen molar-refractivity contribution >= 4 is 50.9 Å². The molecule has 3 N–H and O–H groups in total. The number of carbonyl (C=O) groups excluding carboxylic acids is 1. The van der Waals surface area contributed by atoms with E-state index in [4.69, 9.17) is 12.2 Å². The Hall–Kier alpha value is -2.50. The van der Waals surface area contributed by atoms with E-state index >= 15 is 0 Å². The Morgan fingerprint density at radius 2 is 2.11 bits per heavy atom. The highest BCUT2D eigenvalue weighted by Gasteiger charge is 2.21. The van der Waals surface area contributed by atoms with Crippen molar-refractivity contribution in [1.82, 2.24) is 14.8 Å². The van der Waals surface area contributed by atoms with Crippen LogP contribution in [-0.4, -0.2) is 35.3 Å². The van der Waals surface area contributed by atoms with Crippen molar-refractivity contribution in [3.05, 3.63) is 46.0 Å². The van der Waals surface area contributed by atoms with Crippen LogP contribution in [0, 0.1) is 11.7 Å². The first-order valence-electron chi connectivity index (χ1n) is 8.26. The van der Waals surface area contributed by atoms with E-state index in [-0.39, 0.29) is 5.91 Å². The number of hydrogen-bond donors (Lipinski definition) is 3. The summed E-state index contributed by atoms with van der Waals surface area (Å²) in [6, 6.07) is 8.19. The second-order valence-corrected chi connectivity index (χ2v) is 9.35. The fraction of sp³-hybridized carbons (Fsp3) is 0.235. The number of aromatic nitrogens is 3. The molecule has 1 amide bonds. The van der Waals surface area contributed by atoms with Gasteiger partial charge in [-0.3, -0.25) is 19.2 Å². The molecule has 0 spiro atoms. The van der Waals surface area contributed by atoms with Crippen molar-refractivity contribution in [3.8, 4) is 10.7 Å². The topological polar surface area (TPSA) is 109 Å². The molecule has 0 aliphatic heterocycles. The van der Waals surface area contributed by atoms with E-state index in [0.29, 0.717) is 22.0 Å². The van der Waals surface area contributed by atoms with Gasteiger partial charge in [0.15, 0.2) is 10.6 Å². The number of H-pyrrole nitrogens is 1. The zero-order valence-electron chi connectivity index (χ0n) is 15.4. The normalized spacial score (nSPS) is 12.5. The predicted molar refractivity (Wildman–Crippen MR) is 114 cm³/mol. The summed E-state index contributed by atoms with van der Waals surface area (Å²) in [6.45, 7) is 3.50. The molecule has 0 fully saturated rings. The fourth-order valence-electron chi connectivity index (χ4n) is 2.62. The molecule has 1 unspecified atom stereocenters. The average molecular weight is 438 g/mol. The highest BCUT2D eigenvalue weighted by Crippen LogP contribution is 2.27. The van der Waals surface area contributed by atoms with Gasteiger partial charge in [-0.15, -0.1) is 11.3 Å². The summed E-state index contributed by atoms with van der Waals surface area (Å²) in [7, 11) is -3.42. The Morgan fingerprint density at radius 1 is 1.36 bits per heavy atom. The molecule has 148 valence electrons. The molecular formula is C17H19N5O3S3. The molecular weight excluding hydrogens is 418 g/mol. The lowest BCUT2D eigenvalue weighted by atomic mass is 10.2. The van der Waals surface area contributed by atoms with Gasteiger partial charge < -0.3 is 5.32 Å². The van der Waals surface area contributed by atoms with Gasteiger partial charge in [-0.05, 0) is 55.2 Å². The number of aromatic amines is 1. The number of amides is 1. The van der Waals surface area contributed by atoms with Crippen molar-refractivity contribution in [3.63, 3.8) is 0 Å². The first-order chi connectivity index (χ1) is 13.2. The summed E-state index contributed by atoms with van der Waals surface area (Å²) in [5, 5.41) is 11.7. The van der Waals surface area contributed by atoms with E-state index in [1.165, 1.54) is 11.3 Å². The Bertz CT molecular complexity index is 1160. The number of thiophene rings is 1. The maximum atomic E-state index is 12.8. The molecule has 8 nitrogen and oxygen atoms in total. The number of nitrogens with one attached hydrogen (secondary N) is 3. The van der Waals surface area contributed by atoms with E-state index in [9.17, 15) is 13.2 Å². The second-order valence-electron chi connectivity index (χ2n) is 6.27. The molecule has 3 rings (SSSR count). The van der Waals surface area contributed by atoms with Gasteiger partial charge in [-0.2, -0.15) is 5.10 Å². The summed E-state index contributed by atoms with van der Waals surface area (Å²) in [6.07, 6.45) is 1.08. The molecule has 11 heteroatoms. The molecule has 3 aromatic rings. The summed E-state index contributed by atoms with van der Waals surface area (Å²) >= 11 is 6.80. The number of nitrogens with zero attached hydrogens (tertiary/aromatic N) is 2. The largest absolute Gasteiger partial charge is 0.324 e. The quantitative estimate of drug-likeness (QED) is 0.511. The molecule has 1 aromatic carbocycles. The second kappa shape index (κ2) is 7.86. The van der Waals surface area contributed by atoms with Crippen molar-refractivity contribution in [2.75, 3.05) is 16.3 Å². The molecule has 0 aliphatic rings. The van der Waals surface area contributed by atoms with Crippen LogP contribution in [0.2, 0.25) is 0 Å². The van der Waals surface area contributed by atoms with Crippen LogP contribution in [0.1, 0.15) is 18.5 Å². The van der Waals surface area contributed by atoms with Gasteiger partial charge in [0.25, 0.3) is 0 Å². The van der Waals surface area contributed by atoms with Crippen LogP contribution < -0.4 is 10.0 Å². The van der Waals surface area contributed by atoms with Crippen LogP contribution in [0.3, 0.4) is 0 Å². The van der Waals surface area contributed by atoms with Crippen molar-refractivity contribution in [2.45, 2.75) is 19.9 Å². The molecule has 0 bridgehead atoms. The third-order valence-corrected chi connectivity index (χ3v) is 5.76. The van der Waals surface area contributed by atoms with Gasteiger partial charge in [0, 0.05) is 5.69 Å². The van der Waals surface area contributed by atoms with Crippen molar-refractivity contribution in [2.24, 2.45) is 0 Å². The lowest BCUT2D eigenvalue weighted by molar-refractivity contribution is -0.118. The number of carbonyl (C=O) groups is 1. The molecule has 2 aromatic heterocycles. The minimum absolute atomic E-state index is 0.301. The highest BCUT2D eigenvalue weighted by atomic mass is 32.2. The Labute approximate surface area is 171 Å². The number of sulfonamides is 1. The maximum absolute atomic E-state index is 12.8. The minimum atomic E-state index is -3.42. The van der Waals surface area contributed by atoms with Crippen LogP contribution in [0.25, 0.3) is 10.7 Å². The zero-order valence-corrected chi connectivity index (χ0v) is 17.8. The van der Waals surface area contributed by atoms with E-state index in [1.54, 1.807) is 36.6 Å². The summed E-state index contributed by atoms with van der Waals surface area (Å²) in [4.78, 5) is 13.7. The third kappa shape index (κ3) is 4.49. The van der Waals surface area contributed by atoms with E-state index in [2.05, 4.69) is 20.2 Å². The summed E-state index contributed by atoms with van der Waals surface area (Å²) in [5.41, 5.74) is 1.63. The monoisotopic (exact) mass is 437 g/mol. The van der Waals surface area contributed by atoms with Gasteiger partial charge >= 0.3 is 0 Å². The standard InChI is InChI=1S/C17H19N5O3S3/c1-10-6-7-12(9-13(10)21-28(3,24)25)18-16(23)11(2)22-15(19-20-17(22)26)14-5-4-8-27-14/h4-9,11,21H,1-3H3,(H,18,23)(H,20,26). The van der Waals surface area contributed by atoms with Gasteiger partial charge in [0.1, 0.15) is 6.04 Å². The zero-order chi connectivity index (χ0) is 20.5. The molecule has 28 heavy (non-hydrogen) atoms. The number of anilines is 2. The molecule has 0 saturated carbocycles. The van der Waals surface area contributed by atoms with Crippen LogP contribution in [0.5, 0.6) is 0 Å². The average Bonchev–Trinajstić information content (AvgIpc) is 3.25. The number of aryl methyl sites for hydroxylation is 1. The smallest absolute Gasteiger partial charge is 0.247 e. The molecule has 0 saturated heterocycles. The van der Waals surface area contributed by atoms with E-state index in [1.807, 2.05) is 17.5 Å².